The van der Waals surface area contributed by atoms with Gasteiger partial charge in [0.15, 0.2) is 17.3 Å². The number of ketones is 1. The predicted octanol–water partition coefficient (Wildman–Crippen LogP) is 7.15. The minimum atomic E-state index is -3.26. The summed E-state index contributed by atoms with van der Waals surface area (Å²) in [4.78, 5) is 34.2. The van der Waals surface area contributed by atoms with Crippen molar-refractivity contribution in [2.45, 2.75) is 44.4 Å². The molecule has 4 aromatic rings. The molecule has 0 atom stereocenters. The number of aryl methyl sites for hydroxylation is 1. The molecule has 0 aliphatic heterocycles. The van der Waals surface area contributed by atoms with E-state index in [0.29, 0.717) is 51.7 Å². The maximum Gasteiger partial charge on any atom is 0.303 e. The summed E-state index contributed by atoms with van der Waals surface area (Å²) >= 11 is 2.19. The third-order valence-electron chi connectivity index (χ3n) is 6.42. The number of thiophene rings is 2. The molecule has 218 valence electrons. The van der Waals surface area contributed by atoms with E-state index in [1.54, 1.807) is 25.3 Å². The zero-order valence-corrected chi connectivity index (χ0v) is 24.0. The second-order valence-electron chi connectivity index (χ2n) is 9.33. The normalized spacial score (nSPS) is 11.6. The number of ether oxygens (including phenoxy) is 3. The number of carboxylic acid groups (broad SMARTS) is 2. The van der Waals surface area contributed by atoms with Crippen LogP contribution < -0.4 is 14.2 Å². The standard InChI is InChI=1S/C29H28F2O8S2/c1-37-20-14-23-17(12-25(40-23)19(32)5-6-27(33)34)10-16(20)4-3-9-39-22-15-24-18(11-21(22)38-2)13-26(41-24)29(30,31)8-7-28(35)36/h10-15H,3-9H2,1-2H3,(H,33,34)(H,35,36). The second kappa shape index (κ2) is 12.8. The molecule has 0 unspecified atom stereocenters. The number of Topliss-reactive ketones (excluding diaryl/α,β-unsaturated/α-hetero) is 1. The van der Waals surface area contributed by atoms with Gasteiger partial charge >= 0.3 is 11.9 Å². The monoisotopic (exact) mass is 606 g/mol. The zero-order valence-electron chi connectivity index (χ0n) is 22.3. The Balaban J connectivity index is 1.44. The van der Waals surface area contributed by atoms with Crippen LogP contribution in [-0.4, -0.2) is 48.8 Å². The van der Waals surface area contributed by atoms with Crippen molar-refractivity contribution in [3.63, 3.8) is 0 Å². The molecular weight excluding hydrogens is 578 g/mol. The number of carboxylic acids is 2. The number of carbonyl (C=O) groups is 3. The van der Waals surface area contributed by atoms with Crippen LogP contribution in [0, 0.1) is 0 Å². The van der Waals surface area contributed by atoms with Crippen LogP contribution in [0.3, 0.4) is 0 Å². The Labute approximate surface area is 242 Å². The highest BCUT2D eigenvalue weighted by atomic mass is 32.1. The number of alkyl halides is 2. The van der Waals surface area contributed by atoms with Gasteiger partial charge in [-0.2, -0.15) is 0 Å². The van der Waals surface area contributed by atoms with Crippen LogP contribution in [0.15, 0.2) is 36.4 Å². The predicted molar refractivity (Wildman–Crippen MR) is 153 cm³/mol. The van der Waals surface area contributed by atoms with Crippen molar-refractivity contribution < 1.29 is 47.6 Å². The number of benzene rings is 2. The van der Waals surface area contributed by atoms with Crippen LogP contribution in [0.25, 0.3) is 20.2 Å². The van der Waals surface area contributed by atoms with Crippen molar-refractivity contribution in [3.8, 4) is 17.2 Å². The lowest BCUT2D eigenvalue weighted by Crippen LogP contribution is -2.13. The Morgan fingerprint density at radius 1 is 0.805 bits per heavy atom. The zero-order chi connectivity index (χ0) is 29.7. The van der Waals surface area contributed by atoms with Crippen molar-refractivity contribution in [2.75, 3.05) is 20.8 Å². The number of hydrogen-bond acceptors (Lipinski definition) is 8. The smallest absolute Gasteiger partial charge is 0.303 e. The largest absolute Gasteiger partial charge is 0.496 e. The Morgan fingerprint density at radius 2 is 1.46 bits per heavy atom. The topological polar surface area (TPSA) is 119 Å². The van der Waals surface area contributed by atoms with Crippen molar-refractivity contribution in [1.82, 2.24) is 0 Å². The molecule has 0 aliphatic carbocycles. The Hall–Kier alpha value is -3.77. The first-order valence-corrected chi connectivity index (χ1v) is 14.3. The number of methoxy groups -OCH3 is 2. The maximum absolute atomic E-state index is 14.5. The van der Waals surface area contributed by atoms with E-state index in [0.717, 1.165) is 27.0 Å². The molecule has 4 rings (SSSR count). The molecule has 41 heavy (non-hydrogen) atoms. The van der Waals surface area contributed by atoms with Crippen LogP contribution in [0.1, 0.15) is 52.2 Å². The summed E-state index contributed by atoms with van der Waals surface area (Å²) in [5.41, 5.74) is 0.917. The number of aliphatic carboxylic acids is 2. The Bertz CT molecular complexity index is 1590. The summed E-state index contributed by atoms with van der Waals surface area (Å²) < 4.78 is 47.5. The van der Waals surface area contributed by atoms with Gasteiger partial charge in [-0.3, -0.25) is 14.4 Å². The van der Waals surface area contributed by atoms with E-state index in [9.17, 15) is 23.2 Å². The first kappa shape index (κ1) is 30.2. The lowest BCUT2D eigenvalue weighted by atomic mass is 10.1. The van der Waals surface area contributed by atoms with Crippen LogP contribution >= 0.6 is 22.7 Å². The molecule has 2 aromatic carbocycles. The molecule has 0 radical (unpaired) electrons. The van der Waals surface area contributed by atoms with E-state index < -0.39 is 30.7 Å². The summed E-state index contributed by atoms with van der Waals surface area (Å²) in [5.74, 6) is -4.29. The highest BCUT2D eigenvalue weighted by Crippen LogP contribution is 2.43. The van der Waals surface area contributed by atoms with Gasteiger partial charge in [-0.1, -0.05) is 0 Å². The number of halogens is 2. The van der Waals surface area contributed by atoms with Crippen LogP contribution in [0.4, 0.5) is 8.78 Å². The molecule has 2 N–H and O–H groups in total. The molecule has 8 nitrogen and oxygen atoms in total. The van der Waals surface area contributed by atoms with E-state index in [4.69, 9.17) is 24.4 Å². The minimum absolute atomic E-state index is 0.0569. The van der Waals surface area contributed by atoms with Crippen LogP contribution in [-0.2, 0) is 21.9 Å². The minimum Gasteiger partial charge on any atom is -0.496 e. The summed E-state index contributed by atoms with van der Waals surface area (Å²) in [5, 5.41) is 19.0. The van der Waals surface area contributed by atoms with Crippen molar-refractivity contribution in [1.29, 1.82) is 0 Å². The van der Waals surface area contributed by atoms with Crippen molar-refractivity contribution in [3.05, 3.63) is 51.7 Å². The molecule has 12 heteroatoms. The second-order valence-corrected chi connectivity index (χ2v) is 11.5. The summed E-state index contributed by atoms with van der Waals surface area (Å²) in [7, 11) is 3.03. The van der Waals surface area contributed by atoms with Gasteiger partial charge in [0.25, 0.3) is 5.92 Å². The lowest BCUT2D eigenvalue weighted by Gasteiger charge is -2.12. The Morgan fingerprint density at radius 3 is 2.15 bits per heavy atom. The lowest BCUT2D eigenvalue weighted by molar-refractivity contribution is -0.139. The van der Waals surface area contributed by atoms with E-state index in [1.807, 2.05) is 12.1 Å². The molecular formula is C29H28F2O8S2. The number of rotatable bonds is 15. The van der Waals surface area contributed by atoms with E-state index in [1.165, 1.54) is 24.5 Å². The fourth-order valence-corrected chi connectivity index (χ4v) is 6.43. The highest BCUT2D eigenvalue weighted by molar-refractivity contribution is 7.21. The first-order chi connectivity index (χ1) is 19.5. The summed E-state index contributed by atoms with van der Waals surface area (Å²) in [6.07, 6.45) is -0.486. The molecule has 0 spiro atoms. The van der Waals surface area contributed by atoms with Gasteiger partial charge < -0.3 is 24.4 Å². The third kappa shape index (κ3) is 7.31. The van der Waals surface area contributed by atoms with Crippen molar-refractivity contribution >= 4 is 60.6 Å². The SMILES string of the molecule is COc1cc2sc(C(=O)CCC(=O)O)cc2cc1CCCOc1cc2sc(C(F)(F)CCC(=O)O)cc2cc1OC. The first-order valence-electron chi connectivity index (χ1n) is 12.7. The Kier molecular flexibility index (Phi) is 9.44. The molecule has 0 amide bonds. The summed E-state index contributed by atoms with van der Waals surface area (Å²) in [6.45, 7) is 0.304. The molecule has 0 aliphatic rings. The van der Waals surface area contributed by atoms with Crippen molar-refractivity contribution in [2.24, 2.45) is 0 Å². The molecule has 0 fully saturated rings. The van der Waals surface area contributed by atoms with Gasteiger partial charge in [0.1, 0.15) is 5.75 Å². The van der Waals surface area contributed by atoms with E-state index >= 15 is 0 Å². The molecule has 2 aromatic heterocycles. The fourth-order valence-electron chi connectivity index (χ4n) is 4.31. The average molecular weight is 607 g/mol. The quantitative estimate of drug-likeness (QED) is 0.108. The van der Waals surface area contributed by atoms with E-state index in [2.05, 4.69) is 0 Å². The van der Waals surface area contributed by atoms with Crippen LogP contribution in [0.5, 0.6) is 17.2 Å². The number of hydrogen-bond donors (Lipinski definition) is 2. The average Bonchev–Trinajstić information content (AvgIpc) is 3.55. The molecule has 0 bridgehead atoms. The highest BCUT2D eigenvalue weighted by Gasteiger charge is 2.34. The van der Waals surface area contributed by atoms with E-state index in [-0.39, 0.29) is 23.5 Å². The van der Waals surface area contributed by atoms with Gasteiger partial charge in [0.05, 0.1) is 43.4 Å². The van der Waals surface area contributed by atoms with Crippen LogP contribution in [0.2, 0.25) is 0 Å². The number of carbonyl (C=O) groups excluding carboxylic acids is 1. The number of fused-ring (bicyclic) bond motifs is 2. The van der Waals surface area contributed by atoms with Gasteiger partial charge in [-0.05, 0) is 59.5 Å². The molecule has 2 heterocycles. The van der Waals surface area contributed by atoms with Gasteiger partial charge in [0, 0.05) is 28.3 Å². The fraction of sp³-hybridized carbons (Fsp3) is 0.345. The van der Waals surface area contributed by atoms with Gasteiger partial charge in [-0.25, -0.2) is 8.78 Å². The molecule has 0 saturated heterocycles. The molecule has 0 saturated carbocycles. The maximum atomic E-state index is 14.5. The summed E-state index contributed by atoms with van der Waals surface area (Å²) in [6, 6.07) is 10.2. The van der Waals surface area contributed by atoms with Gasteiger partial charge in [0.2, 0.25) is 0 Å². The third-order valence-corrected chi connectivity index (χ3v) is 8.77. The van der Waals surface area contributed by atoms with Gasteiger partial charge in [-0.15, -0.1) is 22.7 Å².